The molecule has 9 atom stereocenters. The minimum Gasteiger partial charge on any atom is -0.481 e. The average molecular weight is 1870 g/mol. The number of likely N-dealkylation sites (tertiary alicyclic amines) is 1. The van der Waals surface area contributed by atoms with Gasteiger partial charge in [0, 0.05) is 100 Å². The molecule has 4 aromatic rings. The Hall–Kier alpha value is -10.1. The number of primary amides is 2. The molecule has 131 heavy (non-hydrogen) atoms. The molecule has 3 aromatic carbocycles. The molecule has 5 rings (SSSR count). The van der Waals surface area contributed by atoms with Crippen LogP contribution in [0.15, 0.2) is 104 Å². The fourth-order valence-electron chi connectivity index (χ4n) is 14.7. The molecule has 0 unspecified atom stereocenters. The lowest BCUT2D eigenvalue weighted by Gasteiger charge is -2.34. The van der Waals surface area contributed by atoms with Gasteiger partial charge in [-0.05, 0) is 106 Å². The van der Waals surface area contributed by atoms with Crippen LogP contribution in [0.1, 0.15) is 222 Å². The number of carboxylic acids is 1. The summed E-state index contributed by atoms with van der Waals surface area (Å²) in [5.41, 5.74) is 26.4. The number of carbonyl (C=O) groups is 14. The summed E-state index contributed by atoms with van der Waals surface area (Å²) in [4.78, 5) is 195. The van der Waals surface area contributed by atoms with Gasteiger partial charge >= 0.3 is 5.97 Å². The van der Waals surface area contributed by atoms with Crippen LogP contribution in [0.3, 0.4) is 0 Å². The first-order valence-corrected chi connectivity index (χ1v) is 49.0. The van der Waals surface area contributed by atoms with E-state index in [-0.39, 0.29) is 185 Å². The Morgan fingerprint density at radius 2 is 0.985 bits per heavy atom. The van der Waals surface area contributed by atoms with Crippen LogP contribution in [0.25, 0.3) is 0 Å². The normalized spacial score (nSPS) is 14.2. The average Bonchev–Trinajstić information content (AvgIpc) is 1.78. The number of rotatable bonds is 75. The predicted molar refractivity (Wildman–Crippen MR) is 502 cm³/mol. The summed E-state index contributed by atoms with van der Waals surface area (Å²) in [7, 11) is 2.12. The number of aromatic nitrogens is 2. The monoisotopic (exact) mass is 1870 g/mol. The van der Waals surface area contributed by atoms with E-state index in [0.717, 1.165) is 88.9 Å². The quantitative estimate of drug-likeness (QED) is 0.0205. The lowest BCUT2D eigenvalue weighted by Crippen LogP contribution is -2.57. The van der Waals surface area contributed by atoms with Gasteiger partial charge in [-0.2, -0.15) is 0 Å². The zero-order valence-corrected chi connectivity index (χ0v) is 78.1. The minimum absolute atomic E-state index is 0.0148. The highest BCUT2D eigenvalue weighted by atomic mass is 33.1. The molecule has 0 bridgehead atoms. The zero-order valence-electron chi connectivity index (χ0n) is 76.4. The maximum absolute atomic E-state index is 15.1. The number of hydrogen-bond acceptors (Lipinski definition) is 23. The van der Waals surface area contributed by atoms with Crippen LogP contribution in [0.5, 0.6) is 0 Å². The molecule has 0 radical (unpaired) electrons. The molecule has 728 valence electrons. The predicted octanol–water partition coefficient (Wildman–Crippen LogP) is 4.98. The van der Waals surface area contributed by atoms with E-state index in [4.69, 9.17) is 47.0 Å². The maximum Gasteiger partial charge on any atom is 0.303 e. The number of H-pyrrole nitrogens is 1. The van der Waals surface area contributed by atoms with Crippen LogP contribution in [-0.4, -0.2) is 255 Å². The van der Waals surface area contributed by atoms with Crippen molar-refractivity contribution in [2.75, 3.05) is 104 Å². The van der Waals surface area contributed by atoms with E-state index in [1.54, 1.807) is 6.20 Å². The molecule has 0 aliphatic carbocycles. The number of nitrogens with zero attached hydrogens (tertiary/aromatic N) is 2. The molecule has 38 heteroatoms. The first-order chi connectivity index (χ1) is 63.4. The Bertz CT molecular complexity index is 3960. The van der Waals surface area contributed by atoms with Gasteiger partial charge in [0.15, 0.2) is 0 Å². The zero-order chi connectivity index (χ0) is 95.0. The van der Waals surface area contributed by atoms with Crippen molar-refractivity contribution >= 4 is 104 Å². The number of imidazole rings is 1. The number of aliphatic carboxylic acids is 1. The number of carboxylic acid groups (broad SMARTS) is 1. The summed E-state index contributed by atoms with van der Waals surface area (Å²) < 4.78 is 21.9. The SMILES string of the molecule is CC[C@H](C)CC(=O)N[C@@H](CCCCNC(=O)COCCOCCNC(=O)COCCOCCNC(=O)[C@H](CN)NC(=O)CCCCCCCCCCCCCCCCC(=O)O)C(=O)N[C@H](CC(=O)N[C@H](CCCCN)C(=O)N[C@@H](CSSC[C@H](NC(=O)[C@@H]1CCCN1C(=O)[C@@H](NC(=O)CCc1cnc[nH]1)C(c1ccccc1)c1ccccc1)C(N)=O)C(N)=O)Cc1ccccc1. The third-order valence-electron chi connectivity index (χ3n) is 22.2. The lowest BCUT2D eigenvalue weighted by atomic mass is 9.84. The smallest absolute Gasteiger partial charge is 0.303 e. The van der Waals surface area contributed by atoms with Crippen molar-refractivity contribution in [2.24, 2.45) is 28.9 Å². The minimum atomic E-state index is -1.30. The fourth-order valence-corrected chi connectivity index (χ4v) is 17.1. The van der Waals surface area contributed by atoms with Crippen LogP contribution in [0.4, 0.5) is 0 Å². The van der Waals surface area contributed by atoms with Gasteiger partial charge in [0.25, 0.3) is 0 Å². The number of aryl methyl sites for hydroxylation is 1. The van der Waals surface area contributed by atoms with Crippen molar-refractivity contribution in [3.63, 3.8) is 0 Å². The Morgan fingerprint density at radius 1 is 0.496 bits per heavy atom. The third-order valence-corrected chi connectivity index (χ3v) is 24.6. The van der Waals surface area contributed by atoms with Crippen molar-refractivity contribution in [1.82, 2.24) is 68.0 Å². The molecule has 1 aliphatic rings. The molecule has 1 aromatic heterocycles. The molecular formula is C93H145N17O19S2. The second-order valence-corrected chi connectivity index (χ2v) is 35.5. The number of hydrogen-bond donors (Lipinski definition) is 16. The van der Waals surface area contributed by atoms with Crippen LogP contribution in [-0.2, 0) is 98.9 Å². The van der Waals surface area contributed by atoms with Gasteiger partial charge in [-0.15, -0.1) is 0 Å². The highest BCUT2D eigenvalue weighted by Crippen LogP contribution is 2.32. The number of nitrogens with one attached hydrogen (secondary N) is 11. The lowest BCUT2D eigenvalue weighted by molar-refractivity contribution is -0.142. The first kappa shape index (κ1) is 111. The first-order valence-electron chi connectivity index (χ1n) is 46.5. The number of carbonyl (C=O) groups excluding carboxylic acids is 13. The van der Waals surface area contributed by atoms with Crippen molar-refractivity contribution in [3.8, 4) is 0 Å². The van der Waals surface area contributed by atoms with Crippen LogP contribution in [0, 0.1) is 5.92 Å². The summed E-state index contributed by atoms with van der Waals surface area (Å²) in [5, 5.41) is 36.7. The fraction of sp³-hybridized carbons (Fsp3) is 0.624. The summed E-state index contributed by atoms with van der Waals surface area (Å²) in [6, 6.07) is 19.0. The van der Waals surface area contributed by atoms with E-state index in [9.17, 15) is 62.3 Å². The Morgan fingerprint density at radius 3 is 1.51 bits per heavy atom. The van der Waals surface area contributed by atoms with Gasteiger partial charge in [0.05, 0.1) is 46.0 Å². The van der Waals surface area contributed by atoms with Gasteiger partial charge < -0.3 is 110 Å². The summed E-state index contributed by atoms with van der Waals surface area (Å²) in [6.07, 6.45) is 22.6. The van der Waals surface area contributed by atoms with Crippen LogP contribution < -0.4 is 76.1 Å². The topological polar surface area (TPSA) is 552 Å². The Labute approximate surface area is 778 Å². The number of ether oxygens (including phenoxy) is 4. The number of benzene rings is 3. The van der Waals surface area contributed by atoms with E-state index < -0.39 is 113 Å². The molecular weight excluding hydrogens is 1720 g/mol. The van der Waals surface area contributed by atoms with E-state index in [2.05, 4.69) is 63.1 Å². The van der Waals surface area contributed by atoms with Crippen molar-refractivity contribution in [3.05, 3.63) is 126 Å². The Balaban J connectivity index is 0.995. The maximum atomic E-state index is 15.1. The van der Waals surface area contributed by atoms with Gasteiger partial charge in [-0.1, -0.05) is 210 Å². The Kier molecular flexibility index (Phi) is 57.8. The second-order valence-electron chi connectivity index (χ2n) is 33.0. The molecule has 0 saturated carbocycles. The second kappa shape index (κ2) is 68.0. The number of unbranched alkanes of at least 4 members (excludes halogenated alkanes) is 15. The third kappa shape index (κ3) is 48.8. The molecule has 1 aliphatic heterocycles. The summed E-state index contributed by atoms with van der Waals surface area (Å²) in [6.45, 7) is 5.30. The molecule has 1 fully saturated rings. The van der Waals surface area contributed by atoms with Crippen molar-refractivity contribution < 1.29 is 91.2 Å². The van der Waals surface area contributed by atoms with Gasteiger partial charge in [-0.3, -0.25) is 67.1 Å². The molecule has 2 heterocycles. The van der Waals surface area contributed by atoms with E-state index >= 15 is 4.79 Å². The molecule has 0 spiro atoms. The van der Waals surface area contributed by atoms with E-state index in [1.807, 2.05) is 105 Å². The molecule has 36 nitrogen and oxygen atoms in total. The molecule has 13 amide bonds. The van der Waals surface area contributed by atoms with Crippen LogP contribution in [0.2, 0.25) is 0 Å². The van der Waals surface area contributed by atoms with Gasteiger partial charge in [0.1, 0.15) is 55.5 Å². The van der Waals surface area contributed by atoms with E-state index in [0.29, 0.717) is 51.4 Å². The summed E-state index contributed by atoms with van der Waals surface area (Å²) in [5.74, 6) is -8.55. The van der Waals surface area contributed by atoms with Gasteiger partial charge in [-0.25, -0.2) is 4.98 Å². The number of aromatic amines is 1. The highest BCUT2D eigenvalue weighted by Gasteiger charge is 2.43. The van der Waals surface area contributed by atoms with Crippen molar-refractivity contribution in [1.29, 1.82) is 0 Å². The molecule has 1 saturated heterocycles. The molecule has 20 N–H and O–H groups in total. The largest absolute Gasteiger partial charge is 0.481 e. The van der Waals surface area contributed by atoms with E-state index in [1.165, 1.54) is 56.2 Å². The highest BCUT2D eigenvalue weighted by molar-refractivity contribution is 8.76. The van der Waals surface area contributed by atoms with Gasteiger partial charge in [0.2, 0.25) is 76.8 Å². The van der Waals surface area contributed by atoms with Crippen LogP contribution >= 0.6 is 21.6 Å². The van der Waals surface area contributed by atoms with Crippen molar-refractivity contribution in [2.45, 2.75) is 261 Å². The number of amides is 13. The standard InChI is InChI=1S/C93H145N17O19S2/c1-3-66(2)56-80(113)104-72(39-28-30-46-99-82(115)61-128-54-52-126-50-47-100-83(116)62-129-55-53-127-51-48-101-89(121)74(59-95)106-78(111)41-25-14-12-10-8-6-4-5-7-9-11-13-15-26-42-84(117)118)90(122)103-71(57-67-32-19-16-20-33-67)58-81(114)105-73(38-27-29-45-94)91(123)107-75(87(96)119)63-130-131-64-76(88(97)120)108-92(124)77-40-31-49-110(77)93(125)86(109-79(112)44-43-70-60-98-65-102-70)85(68-34-21-17-22-35-68)69-36-23-18-24-37-69/h16-24,32-37,60,65-66,71-77,85-86H,3-15,25-31,38-59,61-64,94-95H2,1-2H3,(H2,96,119)(H2,97,120)(H,98,102)(H,99,115)(H,100,116)(H,101,121)(H,103,122)(H,104,113)(H,105,114)(H,106,111)(H,107,123)(H,108,124)(H,109,112)(H,117,118)/t66-,71-,72-,73+,74-,75-,76-,77-,86-/m0/s1. The summed E-state index contributed by atoms with van der Waals surface area (Å²) >= 11 is 0. The number of nitrogens with two attached hydrogens (primary N) is 4.